The van der Waals surface area contributed by atoms with Gasteiger partial charge >= 0.3 is 0 Å². The highest BCUT2D eigenvalue weighted by atomic mass is 16.6. The van der Waals surface area contributed by atoms with E-state index in [1.54, 1.807) is 0 Å². The highest BCUT2D eigenvalue weighted by Crippen LogP contribution is 2.13. The van der Waals surface area contributed by atoms with Gasteiger partial charge in [0, 0.05) is 0 Å². The lowest BCUT2D eigenvalue weighted by atomic mass is 10.4. The number of likely N-dealkylation sites (N-methyl/N-ethyl adjacent to an activating group) is 1. The van der Waals surface area contributed by atoms with Crippen LogP contribution in [0.15, 0.2) is 0 Å². The Morgan fingerprint density at radius 3 is 2.45 bits per heavy atom. The molecule has 3 nitrogen and oxygen atoms in total. The van der Waals surface area contributed by atoms with E-state index in [-0.39, 0.29) is 0 Å². The Morgan fingerprint density at radius 2 is 2.00 bits per heavy atom. The molecule has 1 aliphatic rings. The Morgan fingerprint density at radius 1 is 1.27 bits per heavy atom. The molecule has 1 heterocycles. The van der Waals surface area contributed by atoms with Crippen LogP contribution in [0.5, 0.6) is 0 Å². The van der Waals surface area contributed by atoms with Gasteiger partial charge in [-0.15, -0.1) is 0 Å². The minimum atomic E-state index is 0.641. The zero-order valence-electron chi connectivity index (χ0n) is 7.30. The maximum atomic E-state index is 5.44. The Balaban J connectivity index is 2.30. The van der Waals surface area contributed by atoms with E-state index in [1.807, 2.05) is 0 Å². The van der Waals surface area contributed by atoms with E-state index in [2.05, 4.69) is 18.7 Å². The maximum Gasteiger partial charge on any atom is 0.190 e. The summed E-state index contributed by atoms with van der Waals surface area (Å²) < 4.78 is 10.7. The SMILES string of the molecule is CCN(CC)[C]1COCCO1. The molecule has 11 heavy (non-hydrogen) atoms. The van der Waals surface area contributed by atoms with Gasteiger partial charge in [0.15, 0.2) is 6.23 Å². The predicted octanol–water partition coefficient (Wildman–Crippen LogP) is 0.864. The van der Waals surface area contributed by atoms with E-state index >= 15 is 0 Å². The summed E-state index contributed by atoms with van der Waals surface area (Å²) in [7, 11) is 0. The first-order valence-electron chi connectivity index (χ1n) is 4.19. The van der Waals surface area contributed by atoms with Crippen LogP contribution in [0.3, 0.4) is 0 Å². The van der Waals surface area contributed by atoms with E-state index in [9.17, 15) is 0 Å². The molecule has 65 valence electrons. The van der Waals surface area contributed by atoms with E-state index in [0.29, 0.717) is 13.2 Å². The second kappa shape index (κ2) is 4.70. The van der Waals surface area contributed by atoms with Gasteiger partial charge in [-0.2, -0.15) is 0 Å². The van der Waals surface area contributed by atoms with Gasteiger partial charge in [-0.25, -0.2) is 0 Å². The third-order valence-corrected chi connectivity index (χ3v) is 1.84. The van der Waals surface area contributed by atoms with Gasteiger partial charge in [-0.3, -0.25) is 4.90 Å². The predicted molar refractivity (Wildman–Crippen MR) is 42.9 cm³/mol. The molecule has 3 heteroatoms. The van der Waals surface area contributed by atoms with Crippen LogP contribution in [-0.2, 0) is 9.47 Å². The fourth-order valence-corrected chi connectivity index (χ4v) is 1.18. The molecule has 0 bridgehead atoms. The third kappa shape index (κ3) is 2.43. The normalized spacial score (nSPS) is 21.0. The minimum Gasteiger partial charge on any atom is -0.374 e. The minimum absolute atomic E-state index is 0.641. The first-order chi connectivity index (χ1) is 5.38. The van der Waals surface area contributed by atoms with Gasteiger partial charge in [0.05, 0.1) is 19.8 Å². The van der Waals surface area contributed by atoms with Crippen molar-refractivity contribution in [3.05, 3.63) is 6.23 Å². The molecule has 0 aliphatic carbocycles. The molecular weight excluding hydrogens is 142 g/mol. The summed E-state index contributed by atoms with van der Waals surface area (Å²) in [6.07, 6.45) is 0.987. The standard InChI is InChI=1S/C8H16NO2/c1-3-9(4-2)8-7-10-5-6-11-8/h3-7H2,1-2H3. The number of ether oxygens (including phenoxy) is 2. The molecule has 1 fully saturated rings. The number of rotatable bonds is 3. The van der Waals surface area contributed by atoms with E-state index < -0.39 is 0 Å². The van der Waals surface area contributed by atoms with Crippen LogP contribution in [0, 0.1) is 6.23 Å². The van der Waals surface area contributed by atoms with Crippen LogP contribution in [0.2, 0.25) is 0 Å². The maximum absolute atomic E-state index is 5.44. The van der Waals surface area contributed by atoms with Crippen molar-refractivity contribution in [1.82, 2.24) is 4.90 Å². The fraction of sp³-hybridized carbons (Fsp3) is 0.875. The van der Waals surface area contributed by atoms with Crippen molar-refractivity contribution in [1.29, 1.82) is 0 Å². The van der Waals surface area contributed by atoms with E-state index in [1.165, 1.54) is 0 Å². The number of hydrogen-bond donors (Lipinski definition) is 0. The van der Waals surface area contributed by atoms with Crippen LogP contribution in [-0.4, -0.2) is 37.8 Å². The average Bonchev–Trinajstić information content (AvgIpc) is 2.09. The second-order valence-corrected chi connectivity index (χ2v) is 2.47. The summed E-state index contributed by atoms with van der Waals surface area (Å²) in [5.74, 6) is 0. The molecule has 1 rings (SSSR count). The molecule has 0 atom stereocenters. The summed E-state index contributed by atoms with van der Waals surface area (Å²) in [4.78, 5) is 2.18. The highest BCUT2D eigenvalue weighted by molar-refractivity contribution is 4.79. The van der Waals surface area contributed by atoms with Crippen molar-refractivity contribution in [3.63, 3.8) is 0 Å². The monoisotopic (exact) mass is 158 g/mol. The number of nitrogens with zero attached hydrogens (tertiary/aromatic N) is 1. The first-order valence-corrected chi connectivity index (χ1v) is 4.19. The molecule has 0 N–H and O–H groups in total. The quantitative estimate of drug-likeness (QED) is 0.608. The Labute approximate surface area is 68.3 Å². The molecule has 0 aromatic heterocycles. The smallest absolute Gasteiger partial charge is 0.190 e. The average molecular weight is 158 g/mol. The van der Waals surface area contributed by atoms with Crippen molar-refractivity contribution in [2.45, 2.75) is 13.8 Å². The molecular formula is C8H16NO2. The molecule has 1 aliphatic heterocycles. The molecule has 0 saturated carbocycles. The first kappa shape index (κ1) is 8.97. The zero-order valence-corrected chi connectivity index (χ0v) is 7.30. The van der Waals surface area contributed by atoms with Crippen LogP contribution in [0.1, 0.15) is 13.8 Å². The van der Waals surface area contributed by atoms with Crippen LogP contribution in [0.4, 0.5) is 0 Å². The van der Waals surface area contributed by atoms with Gasteiger partial charge in [-0.05, 0) is 13.1 Å². The summed E-state index contributed by atoms with van der Waals surface area (Å²) in [6.45, 7) is 8.30. The lowest BCUT2D eigenvalue weighted by Gasteiger charge is -2.30. The zero-order chi connectivity index (χ0) is 8.10. The largest absolute Gasteiger partial charge is 0.374 e. The second-order valence-electron chi connectivity index (χ2n) is 2.47. The molecule has 0 unspecified atom stereocenters. The molecule has 0 aromatic rings. The lowest BCUT2D eigenvalue weighted by molar-refractivity contribution is -0.0806. The van der Waals surface area contributed by atoms with Gasteiger partial charge in [0.2, 0.25) is 0 Å². The van der Waals surface area contributed by atoms with Crippen molar-refractivity contribution in [2.24, 2.45) is 0 Å². The summed E-state index contributed by atoms with van der Waals surface area (Å²) in [6, 6.07) is 0. The fourth-order valence-electron chi connectivity index (χ4n) is 1.18. The third-order valence-electron chi connectivity index (χ3n) is 1.84. The van der Waals surface area contributed by atoms with Crippen molar-refractivity contribution < 1.29 is 9.47 Å². The van der Waals surface area contributed by atoms with E-state index in [4.69, 9.17) is 9.47 Å². The van der Waals surface area contributed by atoms with Crippen molar-refractivity contribution in [3.8, 4) is 0 Å². The Hall–Kier alpha value is -0.120. The summed E-state index contributed by atoms with van der Waals surface area (Å²) in [5.41, 5.74) is 0. The molecule has 0 amide bonds. The molecule has 1 radical (unpaired) electrons. The van der Waals surface area contributed by atoms with Gasteiger partial charge in [0.25, 0.3) is 0 Å². The molecule has 0 spiro atoms. The van der Waals surface area contributed by atoms with Crippen LogP contribution >= 0.6 is 0 Å². The number of hydrogen-bond acceptors (Lipinski definition) is 3. The van der Waals surface area contributed by atoms with Crippen LogP contribution in [0.25, 0.3) is 0 Å². The van der Waals surface area contributed by atoms with Gasteiger partial charge in [0.1, 0.15) is 0 Å². The topological polar surface area (TPSA) is 21.7 Å². The molecule has 1 saturated heterocycles. The molecule has 0 aromatic carbocycles. The summed E-state index contributed by atoms with van der Waals surface area (Å²) in [5, 5.41) is 0. The van der Waals surface area contributed by atoms with Crippen LogP contribution < -0.4 is 0 Å². The Kier molecular flexibility index (Phi) is 3.83. The van der Waals surface area contributed by atoms with Gasteiger partial charge < -0.3 is 9.47 Å². The van der Waals surface area contributed by atoms with Gasteiger partial charge in [-0.1, -0.05) is 13.8 Å². The Bertz CT molecular complexity index is 98.3. The lowest BCUT2D eigenvalue weighted by Crippen LogP contribution is -2.37. The highest BCUT2D eigenvalue weighted by Gasteiger charge is 2.20. The van der Waals surface area contributed by atoms with Crippen molar-refractivity contribution >= 4 is 0 Å². The van der Waals surface area contributed by atoms with E-state index in [0.717, 1.165) is 25.9 Å². The van der Waals surface area contributed by atoms with Crippen molar-refractivity contribution in [2.75, 3.05) is 32.9 Å². The summed E-state index contributed by atoms with van der Waals surface area (Å²) >= 11 is 0.